The van der Waals surface area contributed by atoms with E-state index in [-0.39, 0.29) is 5.91 Å². The molecule has 0 atom stereocenters. The number of H-pyrrole nitrogens is 1. The number of ether oxygens (including phenoxy) is 1. The van der Waals surface area contributed by atoms with Crippen LogP contribution in [-0.4, -0.2) is 34.3 Å². The van der Waals surface area contributed by atoms with Gasteiger partial charge in [-0.05, 0) is 42.7 Å². The summed E-state index contributed by atoms with van der Waals surface area (Å²) in [7, 11) is 0. The largest absolute Gasteiger partial charge is 0.381 e. The van der Waals surface area contributed by atoms with Crippen molar-refractivity contribution >= 4 is 11.6 Å². The van der Waals surface area contributed by atoms with E-state index in [0.29, 0.717) is 44.2 Å². The number of carbonyl (C=O) groups is 1. The maximum Gasteiger partial charge on any atom is 0.235 e. The van der Waals surface area contributed by atoms with Crippen molar-refractivity contribution in [2.45, 2.75) is 24.8 Å². The summed E-state index contributed by atoms with van der Waals surface area (Å²) in [6.07, 6.45) is 1.33. The van der Waals surface area contributed by atoms with Gasteiger partial charge in [0, 0.05) is 24.5 Å². The number of hydrogen-bond donors (Lipinski definition) is 3. The number of nitrogens with zero attached hydrogens (tertiary/aromatic N) is 2. The van der Waals surface area contributed by atoms with E-state index >= 15 is 0 Å². The quantitative estimate of drug-likeness (QED) is 0.634. The zero-order chi connectivity index (χ0) is 19.4. The molecule has 1 amide bonds. The molecule has 4 N–H and O–H groups in total. The maximum absolute atomic E-state index is 13.3. The van der Waals surface area contributed by atoms with Crippen LogP contribution in [-0.2, 0) is 21.5 Å². The molecule has 7 nitrogen and oxygen atoms in total. The zero-order valence-electron chi connectivity index (χ0n) is 15.5. The van der Waals surface area contributed by atoms with Crippen LogP contribution in [0.4, 0.5) is 5.69 Å². The van der Waals surface area contributed by atoms with Crippen LogP contribution in [0.15, 0.2) is 54.6 Å². The average molecular weight is 377 g/mol. The molecule has 0 aliphatic carbocycles. The van der Waals surface area contributed by atoms with Crippen molar-refractivity contribution < 1.29 is 9.53 Å². The van der Waals surface area contributed by atoms with Crippen molar-refractivity contribution in [3.8, 4) is 11.4 Å². The Morgan fingerprint density at radius 1 is 1.11 bits per heavy atom. The van der Waals surface area contributed by atoms with Gasteiger partial charge in [0.15, 0.2) is 5.82 Å². The number of anilines is 1. The van der Waals surface area contributed by atoms with Crippen molar-refractivity contribution in [3.63, 3.8) is 0 Å². The van der Waals surface area contributed by atoms with E-state index in [1.54, 1.807) is 0 Å². The number of rotatable bonds is 5. The normalized spacial score (nSPS) is 15.9. The highest BCUT2D eigenvalue weighted by atomic mass is 16.5. The van der Waals surface area contributed by atoms with Gasteiger partial charge in [0.05, 0.1) is 12.0 Å². The Morgan fingerprint density at radius 2 is 1.82 bits per heavy atom. The Morgan fingerprint density at radius 3 is 2.46 bits per heavy atom. The smallest absolute Gasteiger partial charge is 0.235 e. The Balaban J connectivity index is 1.54. The summed E-state index contributed by atoms with van der Waals surface area (Å²) in [5, 5.41) is 10.0. The summed E-state index contributed by atoms with van der Waals surface area (Å²) in [5.74, 6) is 1.22. The molecule has 1 fully saturated rings. The van der Waals surface area contributed by atoms with Crippen molar-refractivity contribution in [2.75, 3.05) is 18.5 Å². The first-order chi connectivity index (χ1) is 13.7. The highest BCUT2D eigenvalue weighted by Gasteiger charge is 2.41. The molecule has 3 aromatic rings. The van der Waals surface area contributed by atoms with Crippen molar-refractivity contribution in [1.82, 2.24) is 15.2 Å². The fourth-order valence-electron chi connectivity index (χ4n) is 3.59. The average Bonchev–Trinajstić information content (AvgIpc) is 3.25. The molecule has 144 valence electrons. The SMILES string of the molecule is NCc1nc(-c2ccc(NC(=O)C3(c4ccccc4)CCOCC3)cc2)n[nH]1. The van der Waals surface area contributed by atoms with Crippen LogP contribution < -0.4 is 11.1 Å². The molecule has 2 heterocycles. The number of nitrogens with one attached hydrogen (secondary N) is 2. The molecular weight excluding hydrogens is 354 g/mol. The third kappa shape index (κ3) is 3.54. The van der Waals surface area contributed by atoms with E-state index in [9.17, 15) is 4.79 Å². The fraction of sp³-hybridized carbons (Fsp3) is 0.286. The number of aromatic nitrogens is 3. The van der Waals surface area contributed by atoms with Crippen LogP contribution in [0.3, 0.4) is 0 Å². The van der Waals surface area contributed by atoms with E-state index in [1.807, 2.05) is 54.6 Å². The lowest BCUT2D eigenvalue weighted by Crippen LogP contribution is -2.44. The summed E-state index contributed by atoms with van der Waals surface area (Å²) in [6, 6.07) is 17.5. The van der Waals surface area contributed by atoms with Gasteiger partial charge in [-0.25, -0.2) is 4.98 Å². The highest BCUT2D eigenvalue weighted by molar-refractivity contribution is 5.99. The van der Waals surface area contributed by atoms with Crippen molar-refractivity contribution in [1.29, 1.82) is 0 Å². The lowest BCUT2D eigenvalue weighted by Gasteiger charge is -2.36. The molecule has 0 radical (unpaired) electrons. The number of hydrogen-bond acceptors (Lipinski definition) is 5. The second kappa shape index (κ2) is 7.92. The van der Waals surface area contributed by atoms with E-state index in [2.05, 4.69) is 20.5 Å². The Kier molecular flexibility index (Phi) is 5.18. The summed E-state index contributed by atoms with van der Waals surface area (Å²) in [6.45, 7) is 1.47. The fourth-order valence-corrected chi connectivity index (χ4v) is 3.59. The summed E-state index contributed by atoms with van der Waals surface area (Å²) < 4.78 is 5.52. The number of carbonyl (C=O) groups excluding carboxylic acids is 1. The minimum Gasteiger partial charge on any atom is -0.381 e. The lowest BCUT2D eigenvalue weighted by molar-refractivity contribution is -0.125. The second-order valence-corrected chi connectivity index (χ2v) is 6.90. The van der Waals surface area contributed by atoms with Gasteiger partial charge in [0.2, 0.25) is 5.91 Å². The molecule has 4 rings (SSSR count). The third-order valence-corrected chi connectivity index (χ3v) is 5.23. The molecule has 0 unspecified atom stereocenters. The van der Waals surface area contributed by atoms with Crippen LogP contribution >= 0.6 is 0 Å². The molecule has 0 spiro atoms. The molecule has 1 aliphatic heterocycles. The van der Waals surface area contributed by atoms with Gasteiger partial charge in [-0.3, -0.25) is 9.89 Å². The van der Waals surface area contributed by atoms with Crippen molar-refractivity contribution in [2.24, 2.45) is 5.73 Å². The van der Waals surface area contributed by atoms with E-state index < -0.39 is 5.41 Å². The Bertz CT molecular complexity index is 931. The van der Waals surface area contributed by atoms with Gasteiger partial charge in [-0.2, -0.15) is 5.10 Å². The number of nitrogens with two attached hydrogens (primary N) is 1. The van der Waals surface area contributed by atoms with E-state index in [0.717, 1.165) is 16.8 Å². The minimum atomic E-state index is -0.571. The second-order valence-electron chi connectivity index (χ2n) is 6.90. The molecule has 1 saturated heterocycles. The van der Waals surface area contributed by atoms with Crippen LogP contribution in [0, 0.1) is 0 Å². The monoisotopic (exact) mass is 377 g/mol. The molecule has 0 bridgehead atoms. The number of amides is 1. The van der Waals surface area contributed by atoms with Gasteiger partial charge in [0.1, 0.15) is 5.82 Å². The van der Waals surface area contributed by atoms with Crippen molar-refractivity contribution in [3.05, 3.63) is 66.0 Å². The van der Waals surface area contributed by atoms with Crippen LogP contribution in [0.1, 0.15) is 24.2 Å². The first-order valence-corrected chi connectivity index (χ1v) is 9.38. The van der Waals surface area contributed by atoms with Gasteiger partial charge in [-0.15, -0.1) is 0 Å². The molecule has 2 aromatic carbocycles. The first-order valence-electron chi connectivity index (χ1n) is 9.38. The summed E-state index contributed by atoms with van der Waals surface area (Å²) in [5.41, 5.74) is 7.62. The summed E-state index contributed by atoms with van der Waals surface area (Å²) in [4.78, 5) is 17.6. The topological polar surface area (TPSA) is 106 Å². The zero-order valence-corrected chi connectivity index (χ0v) is 15.5. The van der Waals surface area contributed by atoms with E-state index in [4.69, 9.17) is 10.5 Å². The predicted molar refractivity (Wildman–Crippen MR) is 107 cm³/mol. The molecule has 1 aliphatic rings. The minimum absolute atomic E-state index is 0.00179. The first kappa shape index (κ1) is 18.3. The van der Waals surface area contributed by atoms with Gasteiger partial charge < -0.3 is 15.8 Å². The highest BCUT2D eigenvalue weighted by Crippen LogP contribution is 2.36. The number of benzene rings is 2. The molecule has 7 heteroatoms. The number of aromatic amines is 1. The third-order valence-electron chi connectivity index (χ3n) is 5.23. The Labute approximate surface area is 163 Å². The van der Waals surface area contributed by atoms with Gasteiger partial charge in [-0.1, -0.05) is 30.3 Å². The lowest BCUT2D eigenvalue weighted by atomic mass is 9.73. The standard InChI is InChI=1S/C21H23N5O2/c22-14-18-24-19(26-25-18)15-6-8-17(9-7-15)23-20(27)21(10-12-28-13-11-21)16-4-2-1-3-5-16/h1-9H,10-14,22H2,(H,23,27)(H,24,25,26). The predicted octanol–water partition coefficient (Wildman–Crippen LogP) is 2.62. The van der Waals surface area contributed by atoms with Gasteiger partial charge in [0.25, 0.3) is 0 Å². The molecular formula is C21H23N5O2. The molecule has 28 heavy (non-hydrogen) atoms. The van der Waals surface area contributed by atoms with Gasteiger partial charge >= 0.3 is 0 Å². The summed E-state index contributed by atoms with van der Waals surface area (Å²) >= 11 is 0. The molecule has 0 saturated carbocycles. The van der Waals surface area contributed by atoms with Crippen LogP contribution in [0.2, 0.25) is 0 Å². The maximum atomic E-state index is 13.3. The Hall–Kier alpha value is -3.03. The van der Waals surface area contributed by atoms with E-state index in [1.165, 1.54) is 0 Å². The van der Waals surface area contributed by atoms with Crippen LogP contribution in [0.25, 0.3) is 11.4 Å². The molecule has 1 aromatic heterocycles. The van der Waals surface area contributed by atoms with Crippen LogP contribution in [0.5, 0.6) is 0 Å².